The highest BCUT2D eigenvalue weighted by Crippen LogP contribution is 2.35. The SMILES string of the molecule is CC(=O)Nc1ccc2c(c1)C(CN(C)CCCCc1c[nH]c3ccccc13)CC2. The van der Waals surface area contributed by atoms with E-state index in [0.717, 1.165) is 31.6 Å². The zero-order chi connectivity index (χ0) is 20.2. The van der Waals surface area contributed by atoms with Gasteiger partial charge in [-0.15, -0.1) is 0 Å². The van der Waals surface area contributed by atoms with Crippen LogP contribution in [0.2, 0.25) is 0 Å². The molecule has 1 heterocycles. The number of benzene rings is 2. The van der Waals surface area contributed by atoms with Crippen LogP contribution in [0.5, 0.6) is 0 Å². The van der Waals surface area contributed by atoms with Gasteiger partial charge in [-0.05, 0) is 86.5 Å². The molecule has 0 saturated heterocycles. The molecule has 4 nitrogen and oxygen atoms in total. The molecule has 4 rings (SSSR count). The summed E-state index contributed by atoms with van der Waals surface area (Å²) in [6.07, 6.45) is 8.07. The van der Waals surface area contributed by atoms with E-state index in [4.69, 9.17) is 0 Å². The van der Waals surface area contributed by atoms with E-state index in [1.807, 2.05) is 6.07 Å². The predicted octanol–water partition coefficient (Wildman–Crippen LogP) is 5.11. The van der Waals surface area contributed by atoms with Gasteiger partial charge in [0.15, 0.2) is 0 Å². The Morgan fingerprint density at radius 3 is 2.93 bits per heavy atom. The second-order valence-corrected chi connectivity index (χ2v) is 8.41. The fourth-order valence-corrected chi connectivity index (χ4v) is 4.66. The Balaban J connectivity index is 1.26. The zero-order valence-electron chi connectivity index (χ0n) is 17.5. The summed E-state index contributed by atoms with van der Waals surface area (Å²) < 4.78 is 0. The molecule has 0 saturated carbocycles. The molecule has 29 heavy (non-hydrogen) atoms. The van der Waals surface area contributed by atoms with Crippen molar-refractivity contribution >= 4 is 22.5 Å². The van der Waals surface area contributed by atoms with Crippen LogP contribution in [0.3, 0.4) is 0 Å². The summed E-state index contributed by atoms with van der Waals surface area (Å²) in [6, 6.07) is 14.9. The normalized spacial score (nSPS) is 15.8. The number of carbonyl (C=O) groups is 1. The Morgan fingerprint density at radius 2 is 2.07 bits per heavy atom. The lowest BCUT2D eigenvalue weighted by molar-refractivity contribution is -0.114. The molecule has 152 valence electrons. The third-order valence-electron chi connectivity index (χ3n) is 6.11. The molecule has 1 aliphatic rings. The minimum absolute atomic E-state index is 0.00758. The number of aromatic amines is 1. The summed E-state index contributed by atoms with van der Waals surface area (Å²) in [7, 11) is 2.24. The Kier molecular flexibility index (Phi) is 6.00. The molecule has 0 bridgehead atoms. The number of fused-ring (bicyclic) bond motifs is 2. The van der Waals surface area contributed by atoms with Gasteiger partial charge in [-0.25, -0.2) is 0 Å². The predicted molar refractivity (Wildman–Crippen MR) is 121 cm³/mol. The summed E-state index contributed by atoms with van der Waals surface area (Å²) >= 11 is 0. The number of aromatic nitrogens is 1. The number of aryl methyl sites for hydroxylation is 2. The minimum atomic E-state index is -0.00758. The van der Waals surface area contributed by atoms with Crippen molar-refractivity contribution in [1.82, 2.24) is 9.88 Å². The van der Waals surface area contributed by atoms with Gasteiger partial charge in [0.25, 0.3) is 0 Å². The van der Waals surface area contributed by atoms with Crippen LogP contribution in [-0.4, -0.2) is 35.9 Å². The number of nitrogens with zero attached hydrogens (tertiary/aromatic N) is 1. The maximum atomic E-state index is 11.4. The summed E-state index contributed by atoms with van der Waals surface area (Å²) in [5, 5.41) is 4.28. The third-order valence-corrected chi connectivity index (χ3v) is 6.11. The average Bonchev–Trinajstić information content (AvgIpc) is 3.29. The van der Waals surface area contributed by atoms with Crippen molar-refractivity contribution < 1.29 is 4.79 Å². The van der Waals surface area contributed by atoms with Crippen molar-refractivity contribution in [3.8, 4) is 0 Å². The molecule has 0 fully saturated rings. The number of H-pyrrole nitrogens is 1. The maximum Gasteiger partial charge on any atom is 0.221 e. The van der Waals surface area contributed by atoms with E-state index in [0.29, 0.717) is 5.92 Å². The van der Waals surface area contributed by atoms with Crippen molar-refractivity contribution in [2.75, 3.05) is 25.5 Å². The average molecular weight is 390 g/mol. The van der Waals surface area contributed by atoms with Gasteiger partial charge in [0.2, 0.25) is 5.91 Å². The van der Waals surface area contributed by atoms with E-state index < -0.39 is 0 Å². The van der Waals surface area contributed by atoms with Crippen LogP contribution in [0.15, 0.2) is 48.7 Å². The largest absolute Gasteiger partial charge is 0.361 e. The summed E-state index contributed by atoms with van der Waals surface area (Å²) in [6.45, 7) is 3.78. The third kappa shape index (κ3) is 4.70. The first kappa shape index (κ1) is 19.7. The molecule has 4 heteroatoms. The van der Waals surface area contributed by atoms with Crippen LogP contribution in [-0.2, 0) is 17.6 Å². The van der Waals surface area contributed by atoms with Crippen molar-refractivity contribution in [2.24, 2.45) is 0 Å². The van der Waals surface area contributed by atoms with Crippen molar-refractivity contribution in [3.63, 3.8) is 0 Å². The standard InChI is InChI=1S/C25H31N3O/c1-18(29)27-22-13-12-19-10-11-21(24(19)15-22)17-28(2)14-6-5-7-20-16-26-25-9-4-3-8-23(20)25/h3-4,8-9,12-13,15-16,21,26H,5-7,10-11,14,17H2,1-2H3,(H,27,29). The number of amides is 1. The fourth-order valence-electron chi connectivity index (χ4n) is 4.66. The molecule has 2 aromatic carbocycles. The first-order valence-electron chi connectivity index (χ1n) is 10.7. The van der Waals surface area contributed by atoms with Crippen molar-refractivity contribution in [1.29, 1.82) is 0 Å². The number of anilines is 1. The number of hydrogen-bond donors (Lipinski definition) is 2. The zero-order valence-corrected chi connectivity index (χ0v) is 17.5. The molecule has 1 unspecified atom stereocenters. The van der Waals surface area contributed by atoms with Gasteiger partial charge in [0, 0.05) is 36.3 Å². The quantitative estimate of drug-likeness (QED) is 0.526. The second-order valence-electron chi connectivity index (χ2n) is 8.41. The second kappa shape index (κ2) is 8.83. The van der Waals surface area contributed by atoms with Crippen LogP contribution < -0.4 is 5.32 Å². The van der Waals surface area contributed by atoms with Crippen LogP contribution >= 0.6 is 0 Å². The molecule has 1 amide bonds. The van der Waals surface area contributed by atoms with Crippen LogP contribution in [0.1, 0.15) is 48.8 Å². The topological polar surface area (TPSA) is 48.1 Å². The van der Waals surface area contributed by atoms with E-state index in [9.17, 15) is 4.79 Å². The molecule has 3 aromatic rings. The van der Waals surface area contributed by atoms with Gasteiger partial charge in [-0.1, -0.05) is 24.3 Å². The molecule has 0 aliphatic heterocycles. The highest BCUT2D eigenvalue weighted by Gasteiger charge is 2.24. The number of para-hydroxylation sites is 1. The molecular weight excluding hydrogens is 358 g/mol. The number of nitrogens with one attached hydrogen (secondary N) is 2. The van der Waals surface area contributed by atoms with Gasteiger partial charge in [-0.2, -0.15) is 0 Å². The van der Waals surface area contributed by atoms with E-state index in [1.54, 1.807) is 6.92 Å². The first-order valence-corrected chi connectivity index (χ1v) is 10.7. The Bertz CT molecular complexity index is 991. The Morgan fingerprint density at radius 1 is 1.21 bits per heavy atom. The molecular formula is C25H31N3O. The van der Waals surface area contributed by atoms with Gasteiger partial charge in [0.1, 0.15) is 0 Å². The highest BCUT2D eigenvalue weighted by molar-refractivity contribution is 5.88. The fraction of sp³-hybridized carbons (Fsp3) is 0.400. The smallest absolute Gasteiger partial charge is 0.221 e. The van der Waals surface area contributed by atoms with Gasteiger partial charge in [0.05, 0.1) is 0 Å². The van der Waals surface area contributed by atoms with Crippen molar-refractivity contribution in [3.05, 3.63) is 65.4 Å². The van der Waals surface area contributed by atoms with Crippen LogP contribution in [0.25, 0.3) is 10.9 Å². The van der Waals surface area contributed by atoms with E-state index in [-0.39, 0.29) is 5.91 Å². The Hall–Kier alpha value is -2.59. The summed E-state index contributed by atoms with van der Waals surface area (Å²) in [4.78, 5) is 17.2. The molecule has 0 radical (unpaired) electrons. The number of rotatable bonds is 8. The van der Waals surface area contributed by atoms with Gasteiger partial charge >= 0.3 is 0 Å². The summed E-state index contributed by atoms with van der Waals surface area (Å²) in [5.74, 6) is 0.559. The highest BCUT2D eigenvalue weighted by atomic mass is 16.1. The number of likely N-dealkylation sites (N-methyl/N-ethyl adjacent to an activating group) is 1. The minimum Gasteiger partial charge on any atom is -0.361 e. The molecule has 1 atom stereocenters. The van der Waals surface area contributed by atoms with E-state index >= 15 is 0 Å². The van der Waals surface area contributed by atoms with Crippen LogP contribution in [0.4, 0.5) is 5.69 Å². The maximum absolute atomic E-state index is 11.4. The Labute approximate surface area is 173 Å². The van der Waals surface area contributed by atoms with Crippen LogP contribution in [0, 0.1) is 0 Å². The lowest BCUT2D eigenvalue weighted by Crippen LogP contribution is -2.25. The first-order chi connectivity index (χ1) is 14.1. The van der Waals surface area contributed by atoms with E-state index in [2.05, 4.69) is 64.8 Å². The van der Waals surface area contributed by atoms with Gasteiger partial charge in [-0.3, -0.25) is 4.79 Å². The number of carbonyl (C=O) groups excluding carboxylic acids is 1. The molecule has 1 aliphatic carbocycles. The lowest BCUT2D eigenvalue weighted by Gasteiger charge is -2.22. The monoisotopic (exact) mass is 389 g/mol. The number of hydrogen-bond acceptors (Lipinski definition) is 2. The molecule has 2 N–H and O–H groups in total. The lowest BCUT2D eigenvalue weighted by atomic mass is 10.00. The van der Waals surface area contributed by atoms with Gasteiger partial charge < -0.3 is 15.2 Å². The summed E-state index contributed by atoms with van der Waals surface area (Å²) in [5.41, 5.74) is 6.44. The molecule has 0 spiro atoms. The molecule has 1 aromatic heterocycles. The number of unbranched alkanes of at least 4 members (excludes halogenated alkanes) is 1. The van der Waals surface area contributed by atoms with Crippen molar-refractivity contribution in [2.45, 2.75) is 44.9 Å². The van der Waals surface area contributed by atoms with E-state index in [1.165, 1.54) is 46.9 Å².